The number of hydrogen-bond acceptors (Lipinski definition) is 2. The van der Waals surface area contributed by atoms with Gasteiger partial charge in [-0.1, -0.05) is 19.9 Å². The summed E-state index contributed by atoms with van der Waals surface area (Å²) in [4.78, 5) is 1.52. The highest BCUT2D eigenvalue weighted by Gasteiger charge is 2.44. The van der Waals surface area contributed by atoms with Gasteiger partial charge in [0.2, 0.25) is 0 Å². The van der Waals surface area contributed by atoms with E-state index < -0.39 is 0 Å². The molecular weight excluding hydrogens is 190 g/mol. The predicted molar refractivity (Wildman–Crippen MR) is 62.8 cm³/mol. The Bertz CT molecular complexity index is 275. The molecule has 78 valence electrons. The molecule has 0 radical (unpaired) electrons. The van der Waals surface area contributed by atoms with Crippen LogP contribution in [-0.4, -0.2) is 12.6 Å². The fourth-order valence-corrected chi connectivity index (χ4v) is 2.74. The lowest BCUT2D eigenvalue weighted by atomic mass is 9.95. The monoisotopic (exact) mass is 209 g/mol. The van der Waals surface area contributed by atoms with Crippen molar-refractivity contribution >= 4 is 11.3 Å². The number of nitrogens with one attached hydrogen (secondary N) is 1. The van der Waals surface area contributed by atoms with E-state index in [1.165, 1.54) is 24.1 Å². The topological polar surface area (TPSA) is 12.0 Å². The zero-order chi connectivity index (χ0) is 10.0. The van der Waals surface area contributed by atoms with Gasteiger partial charge in [0, 0.05) is 10.9 Å². The Labute approximate surface area is 90.5 Å². The molecule has 1 aromatic heterocycles. The lowest BCUT2D eigenvalue weighted by molar-refractivity contribution is 0.362. The van der Waals surface area contributed by atoms with Crippen LogP contribution in [0.2, 0.25) is 0 Å². The maximum Gasteiger partial charge on any atom is 0.0169 e. The molecule has 1 unspecified atom stereocenters. The van der Waals surface area contributed by atoms with E-state index in [9.17, 15) is 0 Å². The van der Waals surface area contributed by atoms with E-state index in [-0.39, 0.29) is 0 Å². The van der Waals surface area contributed by atoms with E-state index in [1.54, 1.807) is 0 Å². The Morgan fingerprint density at radius 2 is 2.36 bits per heavy atom. The quantitative estimate of drug-likeness (QED) is 0.786. The highest BCUT2D eigenvalue weighted by molar-refractivity contribution is 7.09. The summed E-state index contributed by atoms with van der Waals surface area (Å²) < 4.78 is 0. The molecule has 1 fully saturated rings. The molecule has 1 atom stereocenters. The van der Waals surface area contributed by atoms with Gasteiger partial charge in [-0.25, -0.2) is 0 Å². The normalized spacial score (nSPS) is 20.7. The van der Waals surface area contributed by atoms with Crippen molar-refractivity contribution < 1.29 is 0 Å². The first-order valence-corrected chi connectivity index (χ1v) is 6.38. The van der Waals surface area contributed by atoms with Crippen LogP contribution in [0.15, 0.2) is 17.5 Å². The van der Waals surface area contributed by atoms with Gasteiger partial charge in [-0.2, -0.15) is 0 Å². The minimum atomic E-state index is 0.583. The van der Waals surface area contributed by atoms with Crippen molar-refractivity contribution in [3.8, 4) is 0 Å². The van der Waals surface area contributed by atoms with Crippen LogP contribution in [0.25, 0.3) is 0 Å². The van der Waals surface area contributed by atoms with Crippen molar-refractivity contribution in [3.05, 3.63) is 22.4 Å². The molecule has 0 saturated heterocycles. The van der Waals surface area contributed by atoms with Crippen molar-refractivity contribution in [2.24, 2.45) is 5.41 Å². The number of hydrogen-bond donors (Lipinski definition) is 1. The van der Waals surface area contributed by atoms with Gasteiger partial charge in [-0.3, -0.25) is 0 Å². The fourth-order valence-electron chi connectivity index (χ4n) is 1.99. The van der Waals surface area contributed by atoms with Crippen molar-refractivity contribution in [1.29, 1.82) is 0 Å². The molecule has 1 aromatic rings. The molecule has 2 heteroatoms. The average molecular weight is 209 g/mol. The third-order valence-corrected chi connectivity index (χ3v) is 4.21. The van der Waals surface area contributed by atoms with E-state index in [0.717, 1.165) is 6.54 Å². The van der Waals surface area contributed by atoms with E-state index >= 15 is 0 Å². The molecule has 2 rings (SSSR count). The van der Waals surface area contributed by atoms with Gasteiger partial charge in [0.15, 0.2) is 0 Å². The molecule has 1 aliphatic carbocycles. The maximum atomic E-state index is 3.63. The molecule has 0 spiro atoms. The van der Waals surface area contributed by atoms with Crippen molar-refractivity contribution in [2.45, 2.75) is 39.2 Å². The second kappa shape index (κ2) is 4.03. The van der Waals surface area contributed by atoms with Gasteiger partial charge in [-0.15, -0.1) is 11.3 Å². The second-order valence-electron chi connectivity index (χ2n) is 4.55. The van der Waals surface area contributed by atoms with E-state index in [2.05, 4.69) is 36.7 Å². The van der Waals surface area contributed by atoms with Gasteiger partial charge in [0.05, 0.1) is 0 Å². The average Bonchev–Trinajstić information content (AvgIpc) is 2.73. The second-order valence-corrected chi connectivity index (χ2v) is 5.58. The molecule has 0 aromatic carbocycles. The Kier molecular flexibility index (Phi) is 2.93. The summed E-state index contributed by atoms with van der Waals surface area (Å²) in [7, 11) is 0. The molecule has 0 bridgehead atoms. The van der Waals surface area contributed by atoms with Crippen LogP contribution in [0.5, 0.6) is 0 Å². The van der Waals surface area contributed by atoms with Crippen molar-refractivity contribution in [2.75, 3.05) is 6.54 Å². The van der Waals surface area contributed by atoms with Crippen LogP contribution in [0, 0.1) is 5.41 Å². The lowest BCUT2D eigenvalue weighted by Gasteiger charge is -2.23. The molecule has 1 N–H and O–H groups in total. The summed E-state index contributed by atoms with van der Waals surface area (Å²) in [6, 6.07) is 5.09. The van der Waals surface area contributed by atoms with Crippen LogP contribution < -0.4 is 5.32 Å². The summed E-state index contributed by atoms with van der Waals surface area (Å²) in [5.41, 5.74) is 0.583. The van der Waals surface area contributed by atoms with Gasteiger partial charge in [0.1, 0.15) is 0 Å². The summed E-state index contributed by atoms with van der Waals surface area (Å²) in [5, 5.41) is 5.80. The number of thiophene rings is 1. The standard InChI is InChI=1S/C12H19NS/c1-3-13-11(12(2)6-7-12)9-10-5-4-8-14-10/h4-5,8,11,13H,3,6-7,9H2,1-2H3. The molecule has 0 amide bonds. The third-order valence-electron chi connectivity index (χ3n) is 3.32. The van der Waals surface area contributed by atoms with E-state index in [4.69, 9.17) is 0 Å². The Balaban J connectivity index is 1.97. The van der Waals surface area contributed by atoms with Gasteiger partial charge in [0.25, 0.3) is 0 Å². The van der Waals surface area contributed by atoms with Crippen LogP contribution in [0.1, 0.15) is 31.6 Å². The largest absolute Gasteiger partial charge is 0.313 e. The van der Waals surface area contributed by atoms with Crippen LogP contribution in [-0.2, 0) is 6.42 Å². The third kappa shape index (κ3) is 2.18. The first-order valence-electron chi connectivity index (χ1n) is 5.50. The minimum Gasteiger partial charge on any atom is -0.313 e. The van der Waals surface area contributed by atoms with Gasteiger partial charge in [-0.05, 0) is 42.7 Å². The summed E-state index contributed by atoms with van der Waals surface area (Å²) in [6.07, 6.45) is 4.01. The first kappa shape index (κ1) is 10.2. The van der Waals surface area contributed by atoms with Gasteiger partial charge >= 0.3 is 0 Å². The number of rotatable bonds is 5. The smallest absolute Gasteiger partial charge is 0.0169 e. The minimum absolute atomic E-state index is 0.583. The Morgan fingerprint density at radius 1 is 1.57 bits per heavy atom. The first-order chi connectivity index (χ1) is 6.74. The summed E-state index contributed by atoms with van der Waals surface area (Å²) >= 11 is 1.88. The maximum absolute atomic E-state index is 3.63. The predicted octanol–water partition coefficient (Wildman–Crippen LogP) is 3.07. The number of likely N-dealkylation sites (N-methyl/N-ethyl adjacent to an activating group) is 1. The van der Waals surface area contributed by atoms with Gasteiger partial charge < -0.3 is 5.32 Å². The Hall–Kier alpha value is -0.340. The van der Waals surface area contributed by atoms with Crippen LogP contribution in [0.3, 0.4) is 0 Å². The Morgan fingerprint density at radius 3 is 2.86 bits per heavy atom. The molecule has 1 aliphatic rings. The fraction of sp³-hybridized carbons (Fsp3) is 0.667. The van der Waals surface area contributed by atoms with Crippen LogP contribution in [0.4, 0.5) is 0 Å². The highest BCUT2D eigenvalue weighted by Crippen LogP contribution is 2.49. The van der Waals surface area contributed by atoms with E-state index in [1.807, 2.05) is 11.3 Å². The van der Waals surface area contributed by atoms with Crippen LogP contribution >= 0.6 is 11.3 Å². The highest BCUT2D eigenvalue weighted by atomic mass is 32.1. The summed E-state index contributed by atoms with van der Waals surface area (Å²) in [6.45, 7) is 5.70. The molecule has 14 heavy (non-hydrogen) atoms. The zero-order valence-electron chi connectivity index (χ0n) is 9.05. The zero-order valence-corrected chi connectivity index (χ0v) is 9.86. The molecular formula is C12H19NS. The lowest BCUT2D eigenvalue weighted by Crippen LogP contribution is -2.37. The molecule has 0 aliphatic heterocycles. The molecule has 1 nitrogen and oxygen atoms in total. The van der Waals surface area contributed by atoms with Crippen molar-refractivity contribution in [3.63, 3.8) is 0 Å². The molecule has 1 heterocycles. The van der Waals surface area contributed by atoms with Crippen molar-refractivity contribution in [1.82, 2.24) is 5.32 Å². The molecule has 1 saturated carbocycles. The SMILES string of the molecule is CCNC(Cc1cccs1)C1(C)CC1. The van der Waals surface area contributed by atoms with E-state index in [0.29, 0.717) is 11.5 Å². The summed E-state index contributed by atoms with van der Waals surface area (Å²) in [5.74, 6) is 0.